The Morgan fingerprint density at radius 2 is 1.41 bits per heavy atom. The first kappa shape index (κ1) is 24.4. The van der Waals surface area contributed by atoms with Crippen molar-refractivity contribution in [2.45, 2.75) is 58.3 Å². The van der Waals surface area contributed by atoms with Crippen LogP contribution in [0.1, 0.15) is 44.7 Å². The summed E-state index contributed by atoms with van der Waals surface area (Å²) in [6.45, 7) is 8.09. The summed E-state index contributed by atoms with van der Waals surface area (Å²) in [6.07, 6.45) is 1.93. The number of phenolic OH excluding ortho intramolecular Hbond substituents is 1. The molecule has 5 heteroatoms. The van der Waals surface area contributed by atoms with Gasteiger partial charge in [0.05, 0.1) is 5.30 Å². The highest BCUT2D eigenvalue weighted by Gasteiger charge is 2.67. The molecule has 190 valence electrons. The molecule has 3 atom stereocenters. The minimum atomic E-state index is -3.44. The summed E-state index contributed by atoms with van der Waals surface area (Å²) in [5, 5.41) is 14.0. The molecule has 2 fully saturated rings. The average molecular weight is 511 g/mol. The van der Waals surface area contributed by atoms with Crippen LogP contribution in [0.2, 0.25) is 0 Å². The zero-order chi connectivity index (χ0) is 25.8. The van der Waals surface area contributed by atoms with Gasteiger partial charge in [0.25, 0.3) is 7.44 Å². The van der Waals surface area contributed by atoms with Crippen LogP contribution >= 0.6 is 7.44 Å². The topological polar surface area (TPSA) is 43.8 Å². The maximum absolute atomic E-state index is 16.0. The van der Waals surface area contributed by atoms with Crippen molar-refractivity contribution in [3.63, 3.8) is 0 Å². The molecule has 1 saturated carbocycles. The van der Waals surface area contributed by atoms with Gasteiger partial charge in [-0.25, -0.2) is 9.34 Å². The van der Waals surface area contributed by atoms with Gasteiger partial charge in [-0.15, -0.1) is 0 Å². The lowest BCUT2D eigenvalue weighted by atomic mass is 9.73. The summed E-state index contributed by atoms with van der Waals surface area (Å²) in [4.78, 5) is 0. The summed E-state index contributed by atoms with van der Waals surface area (Å²) in [7, 11) is -3.44. The van der Waals surface area contributed by atoms with Crippen molar-refractivity contribution in [3.8, 4) is 5.75 Å². The van der Waals surface area contributed by atoms with E-state index in [0.717, 1.165) is 34.7 Å². The fraction of sp³-hybridized carbons (Fsp3) is 0.312. The van der Waals surface area contributed by atoms with Gasteiger partial charge in [-0.05, 0) is 47.8 Å². The molecule has 3 unspecified atom stereocenters. The van der Waals surface area contributed by atoms with Crippen molar-refractivity contribution < 1.29 is 9.67 Å². The average Bonchev–Trinajstić information content (AvgIpc) is 3.10. The van der Waals surface area contributed by atoms with Crippen LogP contribution in [0.5, 0.6) is 5.75 Å². The van der Waals surface area contributed by atoms with E-state index in [-0.39, 0.29) is 22.7 Å². The molecular formula is C32H35N2O2P. The van der Waals surface area contributed by atoms with Crippen LogP contribution < -0.4 is 5.30 Å². The largest absolute Gasteiger partial charge is 0.506 e. The summed E-state index contributed by atoms with van der Waals surface area (Å²) in [5.41, 5.74) is 1.87. The second-order valence-corrected chi connectivity index (χ2v) is 13.9. The predicted molar refractivity (Wildman–Crippen MR) is 152 cm³/mol. The van der Waals surface area contributed by atoms with E-state index in [2.05, 4.69) is 54.4 Å². The van der Waals surface area contributed by atoms with E-state index in [0.29, 0.717) is 18.4 Å². The Balaban J connectivity index is 1.61. The molecule has 1 N–H and O–H groups in total. The van der Waals surface area contributed by atoms with Gasteiger partial charge in [0.1, 0.15) is 5.75 Å². The summed E-state index contributed by atoms with van der Waals surface area (Å²) in [6, 6.07) is 32.5. The van der Waals surface area contributed by atoms with Crippen molar-refractivity contribution in [1.29, 1.82) is 0 Å². The minimum absolute atomic E-state index is 0.100. The Kier molecular flexibility index (Phi) is 5.84. The summed E-state index contributed by atoms with van der Waals surface area (Å²) in [5.74, 6) is 0.139. The number of nitrogens with zero attached hydrogens (tertiary/aromatic N) is 2. The van der Waals surface area contributed by atoms with Gasteiger partial charge >= 0.3 is 0 Å². The van der Waals surface area contributed by atoms with Crippen LogP contribution in [-0.4, -0.2) is 26.0 Å². The molecule has 0 aromatic heterocycles. The van der Waals surface area contributed by atoms with Crippen molar-refractivity contribution in [2.24, 2.45) is 5.41 Å². The lowest BCUT2D eigenvalue weighted by Crippen LogP contribution is -2.63. The minimum Gasteiger partial charge on any atom is -0.506 e. The Bertz CT molecular complexity index is 1490. The molecule has 0 radical (unpaired) electrons. The fourth-order valence-electron chi connectivity index (χ4n) is 6.82. The molecule has 2 bridgehead atoms. The zero-order valence-corrected chi connectivity index (χ0v) is 22.7. The third-order valence-corrected chi connectivity index (χ3v) is 12.6. The summed E-state index contributed by atoms with van der Waals surface area (Å²) >= 11 is 0. The number of hydrogen-bond donors (Lipinski definition) is 1. The maximum atomic E-state index is 16.0. The lowest BCUT2D eigenvalue weighted by Gasteiger charge is -2.60. The molecule has 2 aliphatic rings. The van der Waals surface area contributed by atoms with Gasteiger partial charge < -0.3 is 5.11 Å². The molecule has 1 aliphatic heterocycles. The Morgan fingerprint density at radius 3 is 2.08 bits per heavy atom. The van der Waals surface area contributed by atoms with Gasteiger partial charge in [-0.2, -0.15) is 0 Å². The van der Waals surface area contributed by atoms with Crippen LogP contribution in [0.15, 0.2) is 97.1 Å². The molecular weight excluding hydrogens is 475 g/mol. The third kappa shape index (κ3) is 3.61. The van der Waals surface area contributed by atoms with Crippen LogP contribution in [0, 0.1) is 5.41 Å². The number of aromatic hydroxyl groups is 1. The molecule has 0 amide bonds. The Labute approximate surface area is 220 Å². The smallest absolute Gasteiger partial charge is 0.250 e. The molecule has 0 spiro atoms. The van der Waals surface area contributed by atoms with E-state index in [1.807, 2.05) is 72.8 Å². The van der Waals surface area contributed by atoms with Crippen LogP contribution in [0.25, 0.3) is 10.8 Å². The molecule has 1 saturated heterocycles. The van der Waals surface area contributed by atoms with Crippen molar-refractivity contribution in [3.05, 3.63) is 108 Å². The standard InChI is InChI=1S/C32H35N2O2P/c1-31(2)29-20-21-32(31,3)34(23-25-14-8-5-9-15-25)37(36,33(29)22-24-12-6-4-7-13-24)28-19-18-26-16-10-11-17-27(26)30(28)35/h4-19,29,35H,20-23H2,1-3H3. The number of rotatable bonds is 5. The highest BCUT2D eigenvalue weighted by Crippen LogP contribution is 2.72. The van der Waals surface area contributed by atoms with E-state index in [4.69, 9.17) is 0 Å². The second kappa shape index (κ2) is 8.84. The normalized spacial score (nSPS) is 27.5. The molecule has 1 heterocycles. The van der Waals surface area contributed by atoms with E-state index < -0.39 is 7.44 Å². The number of benzene rings is 4. The Morgan fingerprint density at radius 1 is 0.811 bits per heavy atom. The number of fused-ring (bicyclic) bond motifs is 3. The molecule has 6 rings (SSSR count). The highest BCUT2D eigenvalue weighted by atomic mass is 31.2. The van der Waals surface area contributed by atoms with Gasteiger partial charge in [0, 0.05) is 30.1 Å². The SMILES string of the molecule is CC1(C)C2CCC1(C)N(Cc1ccccc1)P(=O)(c1ccc3ccccc3c1O)N2Cc1ccccc1. The first-order chi connectivity index (χ1) is 17.8. The van der Waals surface area contributed by atoms with Crippen molar-refractivity contribution in [1.82, 2.24) is 9.34 Å². The molecule has 4 aromatic rings. The van der Waals surface area contributed by atoms with Gasteiger partial charge in [0.2, 0.25) is 0 Å². The van der Waals surface area contributed by atoms with E-state index in [9.17, 15) is 5.11 Å². The van der Waals surface area contributed by atoms with E-state index in [1.54, 1.807) is 0 Å². The van der Waals surface area contributed by atoms with E-state index >= 15 is 4.57 Å². The Hall–Kier alpha value is -2.91. The third-order valence-electron chi connectivity index (χ3n) is 9.29. The van der Waals surface area contributed by atoms with Crippen LogP contribution in [0.3, 0.4) is 0 Å². The van der Waals surface area contributed by atoms with Gasteiger partial charge in [-0.1, -0.05) is 105 Å². The fourth-order valence-corrected chi connectivity index (χ4v) is 10.7. The molecule has 1 aliphatic carbocycles. The zero-order valence-electron chi connectivity index (χ0n) is 21.8. The first-order valence-electron chi connectivity index (χ1n) is 13.2. The molecule has 37 heavy (non-hydrogen) atoms. The number of phenols is 1. The van der Waals surface area contributed by atoms with Crippen LogP contribution in [0.4, 0.5) is 0 Å². The second-order valence-electron chi connectivity index (χ2n) is 11.4. The quantitative estimate of drug-likeness (QED) is 0.286. The molecule has 4 nitrogen and oxygen atoms in total. The van der Waals surface area contributed by atoms with Gasteiger partial charge in [0.15, 0.2) is 0 Å². The van der Waals surface area contributed by atoms with Gasteiger partial charge in [-0.3, -0.25) is 4.57 Å². The maximum Gasteiger partial charge on any atom is 0.250 e. The monoisotopic (exact) mass is 510 g/mol. The van der Waals surface area contributed by atoms with Crippen molar-refractivity contribution >= 4 is 23.5 Å². The van der Waals surface area contributed by atoms with E-state index in [1.165, 1.54) is 0 Å². The predicted octanol–water partition coefficient (Wildman–Crippen LogP) is 7.33. The van der Waals surface area contributed by atoms with Crippen LogP contribution in [-0.2, 0) is 17.7 Å². The number of hydrogen-bond acceptors (Lipinski definition) is 2. The summed E-state index contributed by atoms with van der Waals surface area (Å²) < 4.78 is 20.5. The lowest BCUT2D eigenvalue weighted by molar-refractivity contribution is 0.00820. The molecule has 4 aromatic carbocycles. The first-order valence-corrected chi connectivity index (χ1v) is 14.8. The van der Waals surface area contributed by atoms with Crippen molar-refractivity contribution in [2.75, 3.05) is 0 Å². The highest BCUT2D eigenvalue weighted by molar-refractivity contribution is 7.67.